The summed E-state index contributed by atoms with van der Waals surface area (Å²) >= 11 is 0. The van der Waals surface area contributed by atoms with E-state index in [4.69, 9.17) is 4.74 Å². The van der Waals surface area contributed by atoms with Crippen molar-refractivity contribution in [1.82, 2.24) is 0 Å². The Hall–Kier alpha value is -1.62. The Morgan fingerprint density at radius 1 is 1.22 bits per heavy atom. The van der Waals surface area contributed by atoms with E-state index in [9.17, 15) is 18.4 Å². The highest BCUT2D eigenvalue weighted by atomic mass is 19.1. The Morgan fingerprint density at radius 2 is 1.89 bits per heavy atom. The number of carbonyl (C=O) groups is 2. The first-order valence-corrected chi connectivity index (χ1v) is 5.45. The van der Waals surface area contributed by atoms with E-state index in [2.05, 4.69) is 0 Å². The first-order valence-electron chi connectivity index (χ1n) is 5.45. The number of Topliss-reactive ketones (excluding diaryl/α,β-unsaturated/α-hetero) is 2. The van der Waals surface area contributed by atoms with E-state index in [-0.39, 0.29) is 29.9 Å². The van der Waals surface area contributed by atoms with Crippen LogP contribution in [0.15, 0.2) is 12.1 Å². The van der Waals surface area contributed by atoms with Gasteiger partial charge in [-0.25, -0.2) is 8.78 Å². The van der Waals surface area contributed by atoms with E-state index in [1.165, 1.54) is 14.0 Å². The van der Waals surface area contributed by atoms with Gasteiger partial charge in [-0.15, -0.1) is 0 Å². The van der Waals surface area contributed by atoms with Crippen LogP contribution in [0.4, 0.5) is 8.78 Å². The Kier molecular flexibility index (Phi) is 5.09. The van der Waals surface area contributed by atoms with E-state index < -0.39 is 23.8 Å². The maximum absolute atomic E-state index is 13.5. The van der Waals surface area contributed by atoms with Gasteiger partial charge in [0, 0.05) is 13.5 Å². The van der Waals surface area contributed by atoms with Gasteiger partial charge in [-0.1, -0.05) is 0 Å². The molecule has 3 nitrogen and oxygen atoms in total. The predicted molar refractivity (Wildman–Crippen MR) is 61.5 cm³/mol. The molecule has 0 aliphatic carbocycles. The number of methoxy groups -OCH3 is 1. The smallest absolute Gasteiger partial charge is 0.173 e. The fourth-order valence-corrected chi connectivity index (χ4v) is 1.44. The molecule has 0 radical (unpaired) electrons. The summed E-state index contributed by atoms with van der Waals surface area (Å²) < 4.78 is 31.4. The number of aryl methyl sites for hydroxylation is 1. The van der Waals surface area contributed by atoms with Crippen LogP contribution >= 0.6 is 0 Å². The normalized spacial score (nSPS) is 10.4. The molecule has 0 bridgehead atoms. The Balaban J connectivity index is 2.78. The van der Waals surface area contributed by atoms with Crippen LogP contribution in [0.25, 0.3) is 0 Å². The van der Waals surface area contributed by atoms with Crippen molar-refractivity contribution in [3.63, 3.8) is 0 Å². The SMILES string of the molecule is COCCC(=O)CC(=O)c1cc(F)c(C)cc1F. The van der Waals surface area contributed by atoms with Crippen molar-refractivity contribution in [2.75, 3.05) is 13.7 Å². The first kappa shape index (κ1) is 14.4. The molecule has 0 saturated heterocycles. The van der Waals surface area contributed by atoms with Gasteiger partial charge in [0.2, 0.25) is 0 Å². The Morgan fingerprint density at radius 3 is 2.50 bits per heavy atom. The van der Waals surface area contributed by atoms with Crippen molar-refractivity contribution in [1.29, 1.82) is 0 Å². The molecule has 1 rings (SSSR count). The molecule has 0 unspecified atom stereocenters. The summed E-state index contributed by atoms with van der Waals surface area (Å²) in [5, 5.41) is 0. The van der Waals surface area contributed by atoms with Gasteiger partial charge in [0.15, 0.2) is 5.78 Å². The lowest BCUT2D eigenvalue weighted by Crippen LogP contribution is -2.12. The van der Waals surface area contributed by atoms with Crippen LogP contribution in [0.3, 0.4) is 0 Å². The fourth-order valence-electron chi connectivity index (χ4n) is 1.44. The van der Waals surface area contributed by atoms with Crippen molar-refractivity contribution >= 4 is 11.6 Å². The number of ketones is 2. The highest BCUT2D eigenvalue weighted by Gasteiger charge is 2.17. The molecule has 0 aliphatic heterocycles. The number of benzene rings is 1. The van der Waals surface area contributed by atoms with Gasteiger partial charge in [0.25, 0.3) is 0 Å². The number of carbonyl (C=O) groups excluding carboxylic acids is 2. The number of halogens is 2. The molecule has 0 N–H and O–H groups in total. The van der Waals surface area contributed by atoms with Crippen molar-refractivity contribution in [3.8, 4) is 0 Å². The zero-order valence-corrected chi connectivity index (χ0v) is 10.3. The lowest BCUT2D eigenvalue weighted by Gasteiger charge is -2.04. The van der Waals surface area contributed by atoms with Gasteiger partial charge in [-0.2, -0.15) is 0 Å². The maximum Gasteiger partial charge on any atom is 0.173 e. The molecular weight excluding hydrogens is 242 g/mol. The van der Waals surface area contributed by atoms with E-state index in [1.54, 1.807) is 0 Å². The third kappa shape index (κ3) is 3.70. The number of rotatable bonds is 6. The largest absolute Gasteiger partial charge is 0.384 e. The fraction of sp³-hybridized carbons (Fsp3) is 0.385. The van der Waals surface area contributed by atoms with Gasteiger partial charge in [0.05, 0.1) is 18.6 Å². The molecule has 0 aromatic heterocycles. The summed E-state index contributed by atoms with van der Waals surface area (Å²) in [6.45, 7) is 1.60. The monoisotopic (exact) mass is 256 g/mol. The van der Waals surface area contributed by atoms with Crippen molar-refractivity contribution in [3.05, 3.63) is 34.9 Å². The highest BCUT2D eigenvalue weighted by molar-refractivity contribution is 6.08. The average molecular weight is 256 g/mol. The molecule has 1 aromatic rings. The summed E-state index contributed by atoms with van der Waals surface area (Å²) in [5.74, 6) is -2.54. The molecule has 0 fully saturated rings. The van der Waals surface area contributed by atoms with Crippen LogP contribution in [0.1, 0.15) is 28.8 Å². The summed E-state index contributed by atoms with van der Waals surface area (Å²) in [5.41, 5.74) is -0.265. The minimum absolute atomic E-state index is 0.0816. The summed E-state index contributed by atoms with van der Waals surface area (Å²) in [4.78, 5) is 23.0. The molecule has 0 atom stereocenters. The van der Waals surface area contributed by atoms with Crippen LogP contribution < -0.4 is 0 Å². The minimum Gasteiger partial charge on any atom is -0.384 e. The minimum atomic E-state index is -0.807. The van der Waals surface area contributed by atoms with Crippen molar-refractivity contribution in [2.45, 2.75) is 19.8 Å². The predicted octanol–water partition coefficient (Wildman–Crippen LogP) is 2.45. The second-order valence-electron chi connectivity index (χ2n) is 3.96. The van der Waals surface area contributed by atoms with Gasteiger partial charge in [-0.05, 0) is 24.6 Å². The molecule has 0 spiro atoms. The third-order valence-corrected chi connectivity index (χ3v) is 2.49. The van der Waals surface area contributed by atoms with Gasteiger partial charge < -0.3 is 4.74 Å². The zero-order valence-electron chi connectivity index (χ0n) is 10.3. The molecule has 18 heavy (non-hydrogen) atoms. The third-order valence-electron chi connectivity index (χ3n) is 2.49. The van der Waals surface area contributed by atoms with E-state index >= 15 is 0 Å². The van der Waals surface area contributed by atoms with Crippen molar-refractivity contribution in [2.24, 2.45) is 0 Å². The maximum atomic E-state index is 13.5. The van der Waals surface area contributed by atoms with Crippen LogP contribution in [-0.2, 0) is 9.53 Å². The second-order valence-corrected chi connectivity index (χ2v) is 3.96. The Bertz CT molecular complexity index is 470. The van der Waals surface area contributed by atoms with E-state index in [1.807, 2.05) is 0 Å². The molecular formula is C13H14F2O3. The second kappa shape index (κ2) is 6.35. The molecule has 0 aliphatic rings. The lowest BCUT2D eigenvalue weighted by atomic mass is 10.0. The molecule has 0 amide bonds. The van der Waals surface area contributed by atoms with Crippen LogP contribution in [-0.4, -0.2) is 25.3 Å². The zero-order chi connectivity index (χ0) is 13.7. The summed E-state index contributed by atoms with van der Waals surface area (Å²) in [7, 11) is 1.43. The van der Waals surface area contributed by atoms with Gasteiger partial charge >= 0.3 is 0 Å². The quantitative estimate of drug-likeness (QED) is 0.580. The number of ether oxygens (including phenoxy) is 1. The molecule has 98 valence electrons. The Labute approximate surface area is 104 Å². The summed E-state index contributed by atoms with van der Waals surface area (Å²) in [6, 6.07) is 1.78. The van der Waals surface area contributed by atoms with Gasteiger partial charge in [0.1, 0.15) is 17.4 Å². The van der Waals surface area contributed by atoms with E-state index in [0.29, 0.717) is 0 Å². The average Bonchev–Trinajstić information content (AvgIpc) is 2.31. The molecule has 0 heterocycles. The van der Waals surface area contributed by atoms with Crippen molar-refractivity contribution < 1.29 is 23.1 Å². The molecule has 0 saturated carbocycles. The first-order chi connectivity index (χ1) is 8.45. The summed E-state index contributed by atoms with van der Waals surface area (Å²) in [6.07, 6.45) is -0.360. The number of hydrogen-bond donors (Lipinski definition) is 0. The molecule has 1 aromatic carbocycles. The molecule has 5 heteroatoms. The lowest BCUT2D eigenvalue weighted by molar-refractivity contribution is -0.119. The van der Waals surface area contributed by atoms with Crippen LogP contribution in [0.2, 0.25) is 0 Å². The van der Waals surface area contributed by atoms with Gasteiger partial charge in [-0.3, -0.25) is 9.59 Å². The van der Waals surface area contributed by atoms with Crippen LogP contribution in [0.5, 0.6) is 0 Å². The standard InChI is InChI=1S/C13H14F2O3/c1-8-5-12(15)10(7-11(8)14)13(17)6-9(16)3-4-18-2/h5,7H,3-4,6H2,1-2H3. The number of hydrogen-bond acceptors (Lipinski definition) is 3. The van der Waals surface area contributed by atoms with E-state index in [0.717, 1.165) is 12.1 Å². The topological polar surface area (TPSA) is 43.4 Å². The van der Waals surface area contributed by atoms with Crippen LogP contribution in [0, 0.1) is 18.6 Å². The highest BCUT2D eigenvalue weighted by Crippen LogP contribution is 2.16.